The van der Waals surface area contributed by atoms with Gasteiger partial charge in [-0.1, -0.05) is 30.3 Å². The fourth-order valence-corrected chi connectivity index (χ4v) is 2.07. The van der Waals surface area contributed by atoms with E-state index in [1.165, 1.54) is 27.8 Å². The zero-order valence-electron chi connectivity index (χ0n) is 15.8. The summed E-state index contributed by atoms with van der Waals surface area (Å²) in [6, 6.07) is 6.16. The van der Waals surface area contributed by atoms with Crippen LogP contribution in [0.15, 0.2) is 30.3 Å². The summed E-state index contributed by atoms with van der Waals surface area (Å²) < 4.78 is 5.05. The van der Waals surface area contributed by atoms with Crippen LogP contribution < -0.4 is 10.6 Å². The maximum atomic E-state index is 12.4. The summed E-state index contributed by atoms with van der Waals surface area (Å²) >= 11 is 0. The highest BCUT2D eigenvalue weighted by atomic mass is 16.5. The van der Waals surface area contributed by atoms with E-state index in [4.69, 9.17) is 9.84 Å². The van der Waals surface area contributed by atoms with Gasteiger partial charge in [0.15, 0.2) is 0 Å². The van der Waals surface area contributed by atoms with Crippen molar-refractivity contribution in [1.29, 1.82) is 0 Å². The second-order valence-corrected chi connectivity index (χ2v) is 6.12. The van der Waals surface area contributed by atoms with Crippen LogP contribution >= 0.6 is 0 Å². The van der Waals surface area contributed by atoms with Crippen molar-refractivity contribution >= 4 is 23.9 Å². The molecule has 27 heavy (non-hydrogen) atoms. The SMILES string of the molecule is CC(NC(=O)C(C)N(C)C(=O)C(C)NC(=O)OCc1ccccc1)C(=O)O. The first-order valence-electron chi connectivity index (χ1n) is 8.40. The molecular weight excluding hydrogens is 354 g/mol. The summed E-state index contributed by atoms with van der Waals surface area (Å²) in [5.74, 6) is -2.31. The van der Waals surface area contributed by atoms with Gasteiger partial charge in [0.2, 0.25) is 11.8 Å². The van der Waals surface area contributed by atoms with Crippen molar-refractivity contribution < 1.29 is 29.0 Å². The molecule has 3 amide bonds. The molecule has 0 radical (unpaired) electrons. The van der Waals surface area contributed by atoms with Gasteiger partial charge >= 0.3 is 12.1 Å². The molecule has 3 atom stereocenters. The minimum Gasteiger partial charge on any atom is -0.480 e. The number of carbonyl (C=O) groups is 4. The van der Waals surface area contributed by atoms with E-state index in [9.17, 15) is 19.2 Å². The van der Waals surface area contributed by atoms with Crippen molar-refractivity contribution in [3.8, 4) is 0 Å². The van der Waals surface area contributed by atoms with Crippen LogP contribution in [0.4, 0.5) is 4.79 Å². The molecule has 0 saturated carbocycles. The Bertz CT molecular complexity index is 679. The first-order chi connectivity index (χ1) is 12.6. The molecule has 0 spiro atoms. The van der Waals surface area contributed by atoms with Crippen LogP contribution in [-0.4, -0.2) is 59.1 Å². The van der Waals surface area contributed by atoms with Gasteiger partial charge in [0.1, 0.15) is 24.7 Å². The van der Waals surface area contributed by atoms with Crippen molar-refractivity contribution in [3.05, 3.63) is 35.9 Å². The second-order valence-electron chi connectivity index (χ2n) is 6.12. The van der Waals surface area contributed by atoms with Crippen LogP contribution in [0, 0.1) is 0 Å². The lowest BCUT2D eigenvalue weighted by Crippen LogP contribution is -2.54. The van der Waals surface area contributed by atoms with Gasteiger partial charge in [-0.25, -0.2) is 4.79 Å². The zero-order valence-corrected chi connectivity index (χ0v) is 15.8. The maximum Gasteiger partial charge on any atom is 0.408 e. The summed E-state index contributed by atoms with van der Waals surface area (Å²) in [7, 11) is 1.39. The minimum atomic E-state index is -1.18. The first kappa shape index (κ1) is 21.9. The molecule has 0 heterocycles. The smallest absolute Gasteiger partial charge is 0.408 e. The quantitative estimate of drug-likeness (QED) is 0.612. The molecule has 0 aromatic heterocycles. The predicted molar refractivity (Wildman–Crippen MR) is 96.7 cm³/mol. The molecule has 1 aromatic rings. The highest BCUT2D eigenvalue weighted by Crippen LogP contribution is 2.03. The molecule has 0 bridgehead atoms. The second kappa shape index (κ2) is 10.1. The summed E-state index contributed by atoms with van der Waals surface area (Å²) in [6.07, 6.45) is -0.760. The first-order valence-corrected chi connectivity index (χ1v) is 8.40. The number of hydrogen-bond acceptors (Lipinski definition) is 5. The lowest BCUT2D eigenvalue weighted by Gasteiger charge is -2.27. The number of nitrogens with one attached hydrogen (secondary N) is 2. The Morgan fingerprint density at radius 1 is 1.04 bits per heavy atom. The molecule has 0 aliphatic rings. The lowest BCUT2D eigenvalue weighted by molar-refractivity contribution is -0.143. The monoisotopic (exact) mass is 379 g/mol. The van der Waals surface area contributed by atoms with Gasteiger partial charge < -0.3 is 25.4 Å². The molecule has 9 heteroatoms. The van der Waals surface area contributed by atoms with E-state index in [-0.39, 0.29) is 6.61 Å². The molecule has 0 aliphatic carbocycles. The Morgan fingerprint density at radius 3 is 2.19 bits per heavy atom. The van der Waals surface area contributed by atoms with Gasteiger partial charge in [0, 0.05) is 7.05 Å². The van der Waals surface area contributed by atoms with Crippen LogP contribution in [0.2, 0.25) is 0 Å². The Kier molecular flexibility index (Phi) is 8.25. The van der Waals surface area contributed by atoms with E-state index in [1.807, 2.05) is 18.2 Å². The van der Waals surface area contributed by atoms with Crippen molar-refractivity contribution in [2.75, 3.05) is 7.05 Å². The average molecular weight is 379 g/mol. The molecule has 148 valence electrons. The number of carboxylic acid groups (broad SMARTS) is 1. The Labute approximate surface area is 157 Å². The van der Waals surface area contributed by atoms with Crippen molar-refractivity contribution in [2.45, 2.75) is 45.5 Å². The maximum absolute atomic E-state index is 12.4. The summed E-state index contributed by atoms with van der Waals surface area (Å²) in [6.45, 7) is 4.31. The average Bonchev–Trinajstić information content (AvgIpc) is 2.65. The standard InChI is InChI=1S/C18H25N3O6/c1-11(20-18(26)27-10-14-8-6-5-7-9-14)16(23)21(4)13(3)15(22)19-12(2)17(24)25/h5-9,11-13H,10H2,1-4H3,(H,19,22)(H,20,26)(H,24,25). The molecule has 1 rings (SSSR count). The molecular formula is C18H25N3O6. The van der Waals surface area contributed by atoms with E-state index in [0.29, 0.717) is 0 Å². The van der Waals surface area contributed by atoms with Gasteiger partial charge in [-0.05, 0) is 26.3 Å². The van der Waals surface area contributed by atoms with Crippen LogP contribution in [0.5, 0.6) is 0 Å². The normalized spacial score (nSPS) is 13.6. The van der Waals surface area contributed by atoms with E-state index < -0.39 is 42.0 Å². The van der Waals surface area contributed by atoms with E-state index >= 15 is 0 Å². The molecule has 3 N–H and O–H groups in total. The van der Waals surface area contributed by atoms with Crippen LogP contribution in [-0.2, 0) is 25.7 Å². The van der Waals surface area contributed by atoms with Crippen molar-refractivity contribution in [1.82, 2.24) is 15.5 Å². The van der Waals surface area contributed by atoms with Gasteiger partial charge in [-0.2, -0.15) is 0 Å². The summed E-state index contributed by atoms with van der Waals surface area (Å²) in [4.78, 5) is 48.2. The Hall–Kier alpha value is -3.10. The highest BCUT2D eigenvalue weighted by Gasteiger charge is 2.28. The molecule has 1 aromatic carbocycles. The van der Waals surface area contributed by atoms with Gasteiger partial charge in [-0.15, -0.1) is 0 Å². The van der Waals surface area contributed by atoms with Crippen LogP contribution in [0.25, 0.3) is 0 Å². The number of carbonyl (C=O) groups excluding carboxylic acids is 3. The summed E-state index contributed by atoms with van der Waals surface area (Å²) in [5.41, 5.74) is 0.807. The molecule has 3 unspecified atom stereocenters. The fourth-order valence-electron chi connectivity index (χ4n) is 2.07. The van der Waals surface area contributed by atoms with Crippen molar-refractivity contribution in [3.63, 3.8) is 0 Å². The number of hydrogen-bond donors (Lipinski definition) is 3. The number of rotatable bonds is 8. The number of benzene rings is 1. The highest BCUT2D eigenvalue weighted by molar-refractivity contribution is 5.92. The topological polar surface area (TPSA) is 125 Å². The number of likely N-dealkylation sites (N-methyl/N-ethyl adjacent to an activating group) is 1. The van der Waals surface area contributed by atoms with E-state index in [2.05, 4.69) is 10.6 Å². The number of ether oxygens (including phenoxy) is 1. The van der Waals surface area contributed by atoms with Gasteiger partial charge in [-0.3, -0.25) is 14.4 Å². The Balaban J connectivity index is 2.52. The number of alkyl carbamates (subject to hydrolysis) is 1. The summed E-state index contributed by atoms with van der Waals surface area (Å²) in [5, 5.41) is 13.5. The van der Waals surface area contributed by atoms with Crippen LogP contribution in [0.3, 0.4) is 0 Å². The third kappa shape index (κ3) is 6.96. The number of aliphatic carboxylic acids is 1. The zero-order chi connectivity index (χ0) is 20.6. The van der Waals surface area contributed by atoms with E-state index in [1.54, 1.807) is 12.1 Å². The largest absolute Gasteiger partial charge is 0.480 e. The molecule has 0 saturated heterocycles. The van der Waals surface area contributed by atoms with Crippen LogP contribution in [0.1, 0.15) is 26.3 Å². The third-order valence-electron chi connectivity index (χ3n) is 3.95. The lowest BCUT2D eigenvalue weighted by atomic mass is 10.2. The van der Waals surface area contributed by atoms with E-state index in [0.717, 1.165) is 10.5 Å². The van der Waals surface area contributed by atoms with Gasteiger partial charge in [0.25, 0.3) is 0 Å². The predicted octanol–water partition coefficient (Wildman–Crippen LogP) is 0.738. The Morgan fingerprint density at radius 2 is 1.63 bits per heavy atom. The fraction of sp³-hybridized carbons (Fsp3) is 0.444. The number of amides is 3. The molecule has 0 aliphatic heterocycles. The number of nitrogens with zero attached hydrogens (tertiary/aromatic N) is 1. The molecule has 0 fully saturated rings. The minimum absolute atomic E-state index is 0.0648. The molecule has 9 nitrogen and oxygen atoms in total. The number of carboxylic acids is 1. The third-order valence-corrected chi connectivity index (χ3v) is 3.95. The van der Waals surface area contributed by atoms with Crippen molar-refractivity contribution in [2.24, 2.45) is 0 Å². The van der Waals surface area contributed by atoms with Gasteiger partial charge in [0.05, 0.1) is 0 Å².